The van der Waals surface area contributed by atoms with Crippen molar-refractivity contribution in [2.75, 3.05) is 40.3 Å². The number of benzene rings is 1. The molecule has 9 nitrogen and oxygen atoms in total. The van der Waals surface area contributed by atoms with Crippen molar-refractivity contribution in [3.05, 3.63) is 40.0 Å². The first kappa shape index (κ1) is 25.2. The van der Waals surface area contributed by atoms with Crippen LogP contribution in [0.15, 0.2) is 39.4 Å². The Morgan fingerprint density at radius 2 is 1.91 bits per heavy atom. The quantitative estimate of drug-likeness (QED) is 0.604. The predicted octanol–water partition coefficient (Wildman–Crippen LogP) is 2.82. The average Bonchev–Trinajstić information content (AvgIpc) is 3.21. The third-order valence-corrected chi connectivity index (χ3v) is 7.04. The van der Waals surface area contributed by atoms with Gasteiger partial charge in [0, 0.05) is 35.2 Å². The fourth-order valence-electron chi connectivity index (χ4n) is 4.77. The molecule has 2 aliphatic heterocycles. The number of carbonyl (C=O) groups excluding carboxylic acids is 3. The van der Waals surface area contributed by atoms with Gasteiger partial charge in [-0.3, -0.25) is 19.1 Å². The number of rotatable bonds is 6. The lowest BCUT2D eigenvalue weighted by Crippen LogP contribution is -2.43. The molecule has 2 aliphatic rings. The van der Waals surface area contributed by atoms with Crippen LogP contribution in [0.5, 0.6) is 0 Å². The minimum Gasteiger partial charge on any atom is -0.351 e. The molecule has 0 spiro atoms. The number of amides is 3. The zero-order chi connectivity index (χ0) is 25.3. The molecule has 10 heteroatoms. The van der Waals surface area contributed by atoms with E-state index in [1.54, 1.807) is 19.2 Å². The molecule has 0 aliphatic carbocycles. The van der Waals surface area contributed by atoms with Crippen LogP contribution in [0, 0.1) is 5.92 Å². The number of dihydropyridines is 1. The lowest BCUT2D eigenvalue weighted by Gasteiger charge is -2.33. The maximum Gasteiger partial charge on any atom is 0.254 e. The number of piperidine rings is 1. The number of allylic oxidation sites excluding steroid dienone is 1. The lowest BCUT2D eigenvalue weighted by molar-refractivity contribution is -0.133. The molecule has 2 aromatic rings. The first-order valence-electron chi connectivity index (χ1n) is 11.8. The number of nitrogens with zero attached hydrogens (tertiary/aromatic N) is 5. The van der Waals surface area contributed by atoms with Gasteiger partial charge in [0.15, 0.2) is 0 Å². The molecule has 3 amide bonds. The van der Waals surface area contributed by atoms with Gasteiger partial charge in [0.1, 0.15) is 0 Å². The van der Waals surface area contributed by atoms with Crippen LogP contribution in [0.3, 0.4) is 0 Å². The Labute approximate surface area is 213 Å². The molecule has 0 bridgehead atoms. The molecule has 1 fully saturated rings. The summed E-state index contributed by atoms with van der Waals surface area (Å²) in [5.41, 5.74) is 2.95. The van der Waals surface area contributed by atoms with Gasteiger partial charge in [0.25, 0.3) is 11.8 Å². The van der Waals surface area contributed by atoms with Gasteiger partial charge < -0.3 is 15.1 Å². The second-order valence-electron chi connectivity index (χ2n) is 9.57. The number of aliphatic imine (C=N–C) groups is 1. The van der Waals surface area contributed by atoms with E-state index in [2.05, 4.69) is 31.3 Å². The second kappa shape index (κ2) is 10.4. The molecule has 0 saturated carbocycles. The molecule has 1 saturated heterocycles. The second-order valence-corrected chi connectivity index (χ2v) is 10.5. The highest BCUT2D eigenvalue weighted by molar-refractivity contribution is 9.10. The molecular weight excluding hydrogens is 512 g/mol. The molecule has 0 radical (unpaired) electrons. The van der Waals surface area contributed by atoms with Gasteiger partial charge in [-0.2, -0.15) is 5.10 Å². The Hall–Kier alpha value is -2.85. The minimum atomic E-state index is -0.451. The molecular formula is C25H31BrN6O3. The largest absolute Gasteiger partial charge is 0.351 e. The number of hydrogen-bond donors (Lipinski definition) is 1. The van der Waals surface area contributed by atoms with Crippen molar-refractivity contribution in [2.24, 2.45) is 10.9 Å². The summed E-state index contributed by atoms with van der Waals surface area (Å²) >= 11 is 3.54. The summed E-state index contributed by atoms with van der Waals surface area (Å²) < 4.78 is 2.75. The Bertz CT molecular complexity index is 1220. The fraction of sp³-hybridized carbons (Fsp3) is 0.480. The number of fused-ring (bicyclic) bond motifs is 1. The van der Waals surface area contributed by atoms with Crippen LogP contribution in [-0.4, -0.2) is 83.3 Å². The van der Waals surface area contributed by atoms with Gasteiger partial charge in [-0.05, 0) is 59.0 Å². The number of halogens is 1. The van der Waals surface area contributed by atoms with Gasteiger partial charge in [0.2, 0.25) is 5.91 Å². The highest BCUT2D eigenvalue weighted by Crippen LogP contribution is 2.30. The fourth-order valence-corrected chi connectivity index (χ4v) is 5.21. The number of aromatic nitrogens is 2. The van der Waals surface area contributed by atoms with E-state index in [9.17, 15) is 14.4 Å². The van der Waals surface area contributed by atoms with Gasteiger partial charge in [0.05, 0.1) is 35.8 Å². The number of carbonyl (C=O) groups is 3. The SMILES string of the molecule is CC1=CC(C)=NC(=O)C1CNC(=O)c1cc(Br)cc2c1cnn2C1CCN(C(=O)CN(C)C)CC1. The van der Waals surface area contributed by atoms with E-state index in [4.69, 9.17) is 0 Å². The number of nitrogens with one attached hydrogen (secondary N) is 1. The maximum absolute atomic E-state index is 13.1. The number of hydrogen-bond acceptors (Lipinski definition) is 5. The van der Waals surface area contributed by atoms with Crippen LogP contribution in [0.25, 0.3) is 10.9 Å². The summed E-state index contributed by atoms with van der Waals surface area (Å²) in [6, 6.07) is 3.90. The smallest absolute Gasteiger partial charge is 0.254 e. The summed E-state index contributed by atoms with van der Waals surface area (Å²) in [6.45, 7) is 5.65. The van der Waals surface area contributed by atoms with E-state index in [-0.39, 0.29) is 30.3 Å². The number of likely N-dealkylation sites (N-methyl/N-ethyl adjacent to an activating group) is 1. The van der Waals surface area contributed by atoms with Crippen LogP contribution in [-0.2, 0) is 9.59 Å². The Kier molecular flexibility index (Phi) is 7.51. The average molecular weight is 543 g/mol. The molecule has 35 heavy (non-hydrogen) atoms. The van der Waals surface area contributed by atoms with E-state index in [1.807, 2.05) is 47.6 Å². The van der Waals surface area contributed by atoms with Gasteiger partial charge in [-0.1, -0.05) is 21.5 Å². The van der Waals surface area contributed by atoms with Crippen LogP contribution >= 0.6 is 15.9 Å². The van der Waals surface area contributed by atoms with Crippen molar-refractivity contribution in [2.45, 2.75) is 32.7 Å². The van der Waals surface area contributed by atoms with Crippen molar-refractivity contribution >= 4 is 50.3 Å². The molecule has 186 valence electrons. The molecule has 1 N–H and O–H groups in total. The van der Waals surface area contributed by atoms with Crippen molar-refractivity contribution in [3.63, 3.8) is 0 Å². The molecule has 1 atom stereocenters. The van der Waals surface area contributed by atoms with Gasteiger partial charge in [-0.25, -0.2) is 4.99 Å². The van der Waals surface area contributed by atoms with E-state index in [0.29, 0.717) is 30.9 Å². The maximum atomic E-state index is 13.1. The van der Waals surface area contributed by atoms with E-state index in [0.717, 1.165) is 33.8 Å². The van der Waals surface area contributed by atoms with E-state index < -0.39 is 5.92 Å². The topological polar surface area (TPSA) is 99.9 Å². The van der Waals surface area contributed by atoms with Gasteiger partial charge in [-0.15, -0.1) is 0 Å². The van der Waals surface area contributed by atoms with Crippen LogP contribution < -0.4 is 5.32 Å². The van der Waals surface area contributed by atoms with Crippen molar-refractivity contribution in [1.29, 1.82) is 0 Å². The summed E-state index contributed by atoms with van der Waals surface area (Å²) in [7, 11) is 3.79. The van der Waals surface area contributed by atoms with Crippen molar-refractivity contribution in [1.82, 2.24) is 24.9 Å². The summed E-state index contributed by atoms with van der Waals surface area (Å²) in [4.78, 5) is 45.6. The molecule has 1 aromatic heterocycles. The number of likely N-dealkylation sites (tertiary alicyclic amines) is 1. The molecule has 3 heterocycles. The first-order valence-corrected chi connectivity index (χ1v) is 12.6. The predicted molar refractivity (Wildman–Crippen MR) is 139 cm³/mol. The lowest BCUT2D eigenvalue weighted by atomic mass is 9.95. The van der Waals surface area contributed by atoms with Gasteiger partial charge >= 0.3 is 0 Å². The monoisotopic (exact) mass is 542 g/mol. The van der Waals surface area contributed by atoms with Crippen molar-refractivity contribution in [3.8, 4) is 0 Å². The van der Waals surface area contributed by atoms with Crippen molar-refractivity contribution < 1.29 is 14.4 Å². The van der Waals surface area contributed by atoms with Crippen LogP contribution in [0.4, 0.5) is 0 Å². The third kappa shape index (κ3) is 5.54. The zero-order valence-corrected chi connectivity index (χ0v) is 22.1. The van der Waals surface area contributed by atoms with Crippen LogP contribution in [0.2, 0.25) is 0 Å². The Balaban J connectivity index is 1.48. The molecule has 1 unspecified atom stereocenters. The summed E-state index contributed by atoms with van der Waals surface area (Å²) in [5, 5.41) is 8.29. The molecule has 4 rings (SSSR count). The highest BCUT2D eigenvalue weighted by atomic mass is 79.9. The third-order valence-electron chi connectivity index (χ3n) is 6.58. The molecule has 1 aromatic carbocycles. The standard InChI is InChI=1S/C25H31BrN6O3/c1-15-9-16(2)29-25(35)20(15)12-27-24(34)19-10-17(26)11-22-21(19)13-28-32(22)18-5-7-31(8-6-18)23(33)14-30(3)4/h9-11,13,18,20H,5-8,12,14H2,1-4H3,(H,27,34). The van der Waals surface area contributed by atoms with Crippen LogP contribution in [0.1, 0.15) is 43.1 Å². The summed E-state index contributed by atoms with van der Waals surface area (Å²) in [6.07, 6.45) is 5.21. The van der Waals surface area contributed by atoms with E-state index >= 15 is 0 Å². The first-order chi connectivity index (χ1) is 16.6. The Morgan fingerprint density at radius 3 is 2.57 bits per heavy atom. The Morgan fingerprint density at radius 1 is 1.20 bits per heavy atom. The zero-order valence-electron chi connectivity index (χ0n) is 20.5. The summed E-state index contributed by atoms with van der Waals surface area (Å²) in [5.74, 6) is -0.798. The van der Waals surface area contributed by atoms with E-state index in [1.165, 1.54) is 0 Å². The minimum absolute atomic E-state index is 0.142. The normalized spacial score (nSPS) is 19.2. The highest BCUT2D eigenvalue weighted by Gasteiger charge is 2.27.